The van der Waals surface area contributed by atoms with Crippen molar-refractivity contribution < 1.29 is 0 Å². The molecule has 1 aromatic rings. The van der Waals surface area contributed by atoms with Crippen molar-refractivity contribution in [3.63, 3.8) is 0 Å². The van der Waals surface area contributed by atoms with Crippen molar-refractivity contribution in [1.82, 2.24) is 5.32 Å². The van der Waals surface area contributed by atoms with Crippen LogP contribution in [0.15, 0.2) is 17.5 Å². The highest BCUT2D eigenvalue weighted by Crippen LogP contribution is 2.23. The zero-order valence-corrected chi connectivity index (χ0v) is 12.2. The highest BCUT2D eigenvalue weighted by Gasteiger charge is 2.11. The topological polar surface area (TPSA) is 12.0 Å². The van der Waals surface area contributed by atoms with Crippen LogP contribution < -0.4 is 5.32 Å². The van der Waals surface area contributed by atoms with E-state index in [2.05, 4.69) is 55.4 Å². The third kappa shape index (κ3) is 5.37. The summed E-state index contributed by atoms with van der Waals surface area (Å²) in [6, 6.07) is 4.94. The number of thioether (sulfide) groups is 1. The molecule has 0 amide bonds. The summed E-state index contributed by atoms with van der Waals surface area (Å²) >= 11 is 3.93. The predicted molar refractivity (Wildman–Crippen MR) is 77.5 cm³/mol. The van der Waals surface area contributed by atoms with E-state index in [1.165, 1.54) is 22.8 Å². The minimum Gasteiger partial charge on any atom is -0.309 e. The number of rotatable bonds is 8. The lowest BCUT2D eigenvalue weighted by Crippen LogP contribution is -2.23. The Kier molecular flexibility index (Phi) is 7.17. The van der Waals surface area contributed by atoms with Crippen molar-refractivity contribution in [2.45, 2.75) is 33.2 Å². The smallest absolute Gasteiger partial charge is 0.0506 e. The van der Waals surface area contributed by atoms with Gasteiger partial charge in [-0.1, -0.05) is 26.8 Å². The quantitative estimate of drug-likeness (QED) is 0.750. The third-order valence-electron chi connectivity index (χ3n) is 2.26. The van der Waals surface area contributed by atoms with Gasteiger partial charge in [-0.25, -0.2) is 0 Å². The Hall–Kier alpha value is 0.01000. The monoisotopic (exact) mass is 257 g/mol. The number of thiophene rings is 1. The largest absolute Gasteiger partial charge is 0.309 e. The molecule has 0 radical (unpaired) electrons. The Bertz CT molecular complexity index is 257. The second kappa shape index (κ2) is 8.15. The van der Waals surface area contributed by atoms with Crippen LogP contribution in [0.2, 0.25) is 0 Å². The van der Waals surface area contributed by atoms with Crippen molar-refractivity contribution in [1.29, 1.82) is 0 Å². The van der Waals surface area contributed by atoms with E-state index in [0.717, 1.165) is 12.5 Å². The van der Waals surface area contributed by atoms with Crippen LogP contribution in [-0.4, -0.2) is 18.1 Å². The summed E-state index contributed by atoms with van der Waals surface area (Å²) in [4.78, 5) is 1.48. The lowest BCUT2D eigenvalue weighted by molar-refractivity contribution is 0.584. The molecule has 1 unspecified atom stereocenters. The van der Waals surface area contributed by atoms with E-state index in [0.29, 0.717) is 6.04 Å². The van der Waals surface area contributed by atoms with Crippen LogP contribution in [0.1, 0.15) is 38.1 Å². The Labute approximate surface area is 108 Å². The molecule has 0 aliphatic carbocycles. The number of hydrogen-bond acceptors (Lipinski definition) is 3. The Morgan fingerprint density at radius 2 is 2.19 bits per heavy atom. The van der Waals surface area contributed by atoms with Gasteiger partial charge in [0.2, 0.25) is 0 Å². The molecule has 0 aromatic carbocycles. The van der Waals surface area contributed by atoms with Gasteiger partial charge in [0.1, 0.15) is 0 Å². The molecule has 1 rings (SSSR count). The van der Waals surface area contributed by atoms with E-state index in [1.54, 1.807) is 0 Å². The first-order valence-corrected chi connectivity index (χ1v) is 8.12. The van der Waals surface area contributed by atoms with Gasteiger partial charge in [-0.05, 0) is 36.1 Å². The molecule has 1 N–H and O–H groups in total. The van der Waals surface area contributed by atoms with Crippen molar-refractivity contribution >= 4 is 23.1 Å². The molecule has 1 nitrogen and oxygen atoms in total. The molecule has 0 spiro atoms. The van der Waals surface area contributed by atoms with Gasteiger partial charge in [-0.15, -0.1) is 11.3 Å². The van der Waals surface area contributed by atoms with Gasteiger partial charge in [0.25, 0.3) is 0 Å². The van der Waals surface area contributed by atoms with Crippen LogP contribution in [-0.2, 0) is 0 Å². The fourth-order valence-corrected chi connectivity index (χ4v) is 3.52. The maximum Gasteiger partial charge on any atom is 0.0506 e. The Morgan fingerprint density at radius 1 is 1.38 bits per heavy atom. The molecule has 92 valence electrons. The molecule has 0 saturated heterocycles. The summed E-state index contributed by atoms with van der Waals surface area (Å²) < 4.78 is 0. The summed E-state index contributed by atoms with van der Waals surface area (Å²) in [6.07, 6.45) is 1.21. The van der Waals surface area contributed by atoms with Crippen LogP contribution in [0.5, 0.6) is 0 Å². The molecule has 1 atom stereocenters. The van der Waals surface area contributed by atoms with Crippen molar-refractivity contribution in [3.8, 4) is 0 Å². The van der Waals surface area contributed by atoms with E-state index in [1.807, 2.05) is 11.3 Å². The lowest BCUT2D eigenvalue weighted by atomic mass is 10.2. The molecular formula is C13H23NS2. The van der Waals surface area contributed by atoms with Gasteiger partial charge >= 0.3 is 0 Å². The molecule has 0 bridgehead atoms. The second-order valence-corrected chi connectivity index (χ2v) is 6.51. The number of nitrogens with one attached hydrogen (secondary N) is 1. The average molecular weight is 257 g/mol. The molecule has 1 aromatic heterocycles. The second-order valence-electron chi connectivity index (χ2n) is 4.45. The van der Waals surface area contributed by atoms with Crippen LogP contribution in [0.3, 0.4) is 0 Å². The van der Waals surface area contributed by atoms with E-state index in [4.69, 9.17) is 0 Å². The summed E-state index contributed by atoms with van der Waals surface area (Å²) in [5.74, 6) is 3.24. The normalized spacial score (nSPS) is 13.2. The summed E-state index contributed by atoms with van der Waals surface area (Å²) in [5.41, 5.74) is 0. The zero-order valence-electron chi connectivity index (χ0n) is 10.5. The molecule has 1 heterocycles. The minimum atomic E-state index is 0.545. The first-order chi connectivity index (χ1) is 7.74. The zero-order chi connectivity index (χ0) is 11.8. The highest BCUT2D eigenvalue weighted by molar-refractivity contribution is 7.99. The molecule has 0 aliphatic heterocycles. The molecule has 0 saturated carbocycles. The van der Waals surface area contributed by atoms with Crippen molar-refractivity contribution in [2.75, 3.05) is 18.1 Å². The van der Waals surface area contributed by atoms with Gasteiger partial charge in [0.15, 0.2) is 0 Å². The molecule has 3 heteroatoms. The van der Waals surface area contributed by atoms with Crippen LogP contribution in [0.25, 0.3) is 0 Å². The van der Waals surface area contributed by atoms with Gasteiger partial charge in [-0.2, -0.15) is 11.8 Å². The SMILES string of the molecule is CCCNC(CSCC(C)C)c1cccs1. The standard InChI is InChI=1S/C13H23NS2/c1-4-7-14-12(10-15-9-11(2)3)13-6-5-8-16-13/h5-6,8,11-12,14H,4,7,9-10H2,1-3H3. The van der Waals surface area contributed by atoms with Gasteiger partial charge in [0.05, 0.1) is 6.04 Å². The highest BCUT2D eigenvalue weighted by atomic mass is 32.2. The molecular weight excluding hydrogens is 234 g/mol. The van der Waals surface area contributed by atoms with E-state index in [-0.39, 0.29) is 0 Å². The maximum absolute atomic E-state index is 3.64. The number of hydrogen-bond donors (Lipinski definition) is 1. The van der Waals surface area contributed by atoms with Crippen LogP contribution >= 0.6 is 23.1 Å². The first-order valence-electron chi connectivity index (χ1n) is 6.08. The molecule has 0 fully saturated rings. The predicted octanol–water partition coefficient (Wildman–Crippen LogP) is 4.18. The minimum absolute atomic E-state index is 0.545. The van der Waals surface area contributed by atoms with Gasteiger partial charge in [-0.3, -0.25) is 0 Å². The first kappa shape index (κ1) is 14.1. The molecule has 16 heavy (non-hydrogen) atoms. The Morgan fingerprint density at radius 3 is 2.75 bits per heavy atom. The Balaban J connectivity index is 2.38. The van der Waals surface area contributed by atoms with Gasteiger partial charge in [0, 0.05) is 10.6 Å². The van der Waals surface area contributed by atoms with Gasteiger partial charge < -0.3 is 5.32 Å². The van der Waals surface area contributed by atoms with E-state index >= 15 is 0 Å². The third-order valence-corrected chi connectivity index (χ3v) is 4.72. The summed E-state index contributed by atoms with van der Waals surface area (Å²) in [6.45, 7) is 7.91. The summed E-state index contributed by atoms with van der Waals surface area (Å²) in [7, 11) is 0. The van der Waals surface area contributed by atoms with Crippen LogP contribution in [0.4, 0.5) is 0 Å². The average Bonchev–Trinajstić information content (AvgIpc) is 2.75. The summed E-state index contributed by atoms with van der Waals surface area (Å²) in [5, 5.41) is 5.80. The molecule has 0 aliphatic rings. The van der Waals surface area contributed by atoms with Crippen LogP contribution in [0, 0.1) is 5.92 Å². The fraction of sp³-hybridized carbons (Fsp3) is 0.692. The van der Waals surface area contributed by atoms with E-state index < -0.39 is 0 Å². The van der Waals surface area contributed by atoms with Crippen molar-refractivity contribution in [2.24, 2.45) is 5.92 Å². The fourth-order valence-electron chi connectivity index (χ4n) is 1.47. The maximum atomic E-state index is 3.64. The van der Waals surface area contributed by atoms with E-state index in [9.17, 15) is 0 Å². The lowest BCUT2D eigenvalue weighted by Gasteiger charge is -2.17. The van der Waals surface area contributed by atoms with Crippen molar-refractivity contribution in [3.05, 3.63) is 22.4 Å².